The van der Waals surface area contributed by atoms with Crippen LogP contribution in [0.15, 0.2) is 49.0 Å². The maximum absolute atomic E-state index is 4.16. The quantitative estimate of drug-likeness (QED) is 0.761. The zero-order valence-corrected chi connectivity index (χ0v) is 13.7. The Balaban J connectivity index is 2.17. The number of hydrogen-bond donors (Lipinski definition) is 1. The van der Waals surface area contributed by atoms with Crippen molar-refractivity contribution >= 4 is 11.4 Å². The molecule has 0 unspecified atom stereocenters. The molecule has 0 aliphatic carbocycles. The van der Waals surface area contributed by atoms with Crippen molar-refractivity contribution in [2.45, 2.75) is 40.0 Å². The summed E-state index contributed by atoms with van der Waals surface area (Å²) >= 11 is 0. The Morgan fingerprint density at radius 3 is 2.10 bits per heavy atom. The van der Waals surface area contributed by atoms with E-state index >= 15 is 0 Å². The monoisotopic (exact) mass is 279 g/mol. The van der Waals surface area contributed by atoms with Crippen LogP contribution in [0.1, 0.15) is 43.0 Å². The molecule has 110 valence electrons. The Morgan fingerprint density at radius 1 is 0.952 bits per heavy atom. The van der Waals surface area contributed by atoms with Crippen molar-refractivity contribution in [2.75, 3.05) is 5.32 Å². The third kappa shape index (κ3) is 3.75. The lowest BCUT2D eigenvalue weighted by Crippen LogP contribution is -2.10. The molecule has 0 fully saturated rings. The minimum Gasteiger partial charge on any atom is -0.355 e. The summed E-state index contributed by atoms with van der Waals surface area (Å²) in [6.07, 6.45) is 0. The summed E-state index contributed by atoms with van der Waals surface area (Å²) in [4.78, 5) is 0. The highest BCUT2D eigenvalue weighted by atomic mass is 14.9. The van der Waals surface area contributed by atoms with Crippen molar-refractivity contribution in [3.8, 4) is 0 Å². The molecule has 0 atom stereocenters. The number of hydrogen-bond acceptors (Lipinski definition) is 1. The Kier molecular flexibility index (Phi) is 4.22. The van der Waals surface area contributed by atoms with E-state index in [9.17, 15) is 0 Å². The van der Waals surface area contributed by atoms with Crippen molar-refractivity contribution < 1.29 is 0 Å². The second-order valence-corrected chi connectivity index (χ2v) is 6.75. The fraction of sp³-hybridized carbons (Fsp3) is 0.300. The fourth-order valence-corrected chi connectivity index (χ4v) is 2.36. The van der Waals surface area contributed by atoms with Gasteiger partial charge in [0.15, 0.2) is 0 Å². The van der Waals surface area contributed by atoms with Gasteiger partial charge >= 0.3 is 0 Å². The first-order chi connectivity index (χ1) is 9.77. The minimum absolute atomic E-state index is 0.181. The molecule has 1 nitrogen and oxygen atoms in total. The Hall–Kier alpha value is -2.02. The van der Waals surface area contributed by atoms with E-state index in [0.29, 0.717) is 0 Å². The summed E-state index contributed by atoms with van der Waals surface area (Å²) in [5.74, 6) is 0. The van der Waals surface area contributed by atoms with Gasteiger partial charge in [0.05, 0.1) is 0 Å². The first kappa shape index (κ1) is 15.4. The van der Waals surface area contributed by atoms with Gasteiger partial charge in [-0.1, -0.05) is 69.3 Å². The highest BCUT2D eigenvalue weighted by Crippen LogP contribution is 2.25. The van der Waals surface area contributed by atoms with Crippen LogP contribution in [0.5, 0.6) is 0 Å². The lowest BCUT2D eigenvalue weighted by Gasteiger charge is -2.20. The standard InChI is InChI=1S/C20H25N/c1-14-7-12-19(15(2)13-14)21-16(3)17-8-10-18(11-9-17)20(4,5)6/h7-13,21H,3H2,1-2,4-6H3. The van der Waals surface area contributed by atoms with Crippen LogP contribution >= 0.6 is 0 Å². The van der Waals surface area contributed by atoms with Crippen molar-refractivity contribution in [1.29, 1.82) is 0 Å². The molecule has 0 saturated heterocycles. The summed E-state index contributed by atoms with van der Waals surface area (Å²) < 4.78 is 0. The minimum atomic E-state index is 0.181. The van der Waals surface area contributed by atoms with Crippen molar-refractivity contribution in [3.63, 3.8) is 0 Å². The van der Waals surface area contributed by atoms with Crippen molar-refractivity contribution in [2.24, 2.45) is 0 Å². The van der Waals surface area contributed by atoms with Gasteiger partial charge in [-0.05, 0) is 42.0 Å². The summed E-state index contributed by atoms with van der Waals surface area (Å²) in [6, 6.07) is 15.1. The SMILES string of the molecule is C=C(Nc1ccc(C)cc1C)c1ccc(C(C)(C)C)cc1. The van der Waals surface area contributed by atoms with Crippen molar-refractivity contribution in [3.05, 3.63) is 71.3 Å². The van der Waals surface area contributed by atoms with Gasteiger partial charge in [-0.15, -0.1) is 0 Å². The van der Waals surface area contributed by atoms with Gasteiger partial charge in [0.2, 0.25) is 0 Å². The maximum Gasteiger partial charge on any atom is 0.0414 e. The third-order valence-electron chi connectivity index (χ3n) is 3.77. The molecule has 0 aliphatic heterocycles. The van der Waals surface area contributed by atoms with Crippen molar-refractivity contribution in [1.82, 2.24) is 0 Å². The third-order valence-corrected chi connectivity index (χ3v) is 3.77. The zero-order chi connectivity index (χ0) is 15.6. The zero-order valence-electron chi connectivity index (χ0n) is 13.7. The second kappa shape index (κ2) is 5.77. The van der Waals surface area contributed by atoms with Gasteiger partial charge < -0.3 is 5.32 Å². The Morgan fingerprint density at radius 2 is 1.57 bits per heavy atom. The predicted octanol–water partition coefficient (Wildman–Crippen LogP) is 5.68. The molecule has 0 bridgehead atoms. The van der Waals surface area contributed by atoms with E-state index in [2.05, 4.69) is 89.0 Å². The van der Waals surface area contributed by atoms with Gasteiger partial charge in [-0.3, -0.25) is 0 Å². The van der Waals surface area contributed by atoms with Gasteiger partial charge in [-0.2, -0.15) is 0 Å². The lowest BCUT2D eigenvalue weighted by molar-refractivity contribution is 0.590. The molecular weight excluding hydrogens is 254 g/mol. The van der Waals surface area contributed by atoms with Gasteiger partial charge in [-0.25, -0.2) is 0 Å². The molecule has 0 spiro atoms. The second-order valence-electron chi connectivity index (χ2n) is 6.75. The van der Waals surface area contributed by atoms with E-state index < -0.39 is 0 Å². The average Bonchev–Trinajstić information content (AvgIpc) is 2.41. The van der Waals surface area contributed by atoms with E-state index in [0.717, 1.165) is 16.9 Å². The van der Waals surface area contributed by atoms with Crippen LogP contribution in [0.3, 0.4) is 0 Å². The van der Waals surface area contributed by atoms with E-state index in [1.54, 1.807) is 0 Å². The molecule has 0 radical (unpaired) electrons. The van der Waals surface area contributed by atoms with Crippen LogP contribution in [0, 0.1) is 13.8 Å². The Bertz CT molecular complexity index is 643. The summed E-state index contributed by atoms with van der Waals surface area (Å²) in [6.45, 7) is 15.1. The van der Waals surface area contributed by atoms with Crippen LogP contribution in [-0.4, -0.2) is 0 Å². The van der Waals surface area contributed by atoms with E-state index in [-0.39, 0.29) is 5.41 Å². The first-order valence-corrected chi connectivity index (χ1v) is 7.41. The van der Waals surface area contributed by atoms with Crippen LogP contribution in [0.25, 0.3) is 5.70 Å². The highest BCUT2D eigenvalue weighted by Gasteiger charge is 2.13. The average molecular weight is 279 g/mol. The molecule has 0 heterocycles. The normalized spacial score (nSPS) is 11.3. The molecule has 0 aliphatic rings. The smallest absolute Gasteiger partial charge is 0.0414 e. The number of anilines is 1. The van der Waals surface area contributed by atoms with E-state index in [1.165, 1.54) is 16.7 Å². The fourth-order valence-electron chi connectivity index (χ4n) is 2.36. The molecule has 2 rings (SSSR count). The first-order valence-electron chi connectivity index (χ1n) is 7.41. The molecule has 1 heteroatoms. The summed E-state index contributed by atoms with van der Waals surface area (Å²) in [7, 11) is 0. The number of aryl methyl sites for hydroxylation is 2. The molecule has 0 amide bonds. The van der Waals surface area contributed by atoms with Gasteiger partial charge in [0.1, 0.15) is 0 Å². The predicted molar refractivity (Wildman–Crippen MR) is 93.7 cm³/mol. The molecule has 2 aromatic carbocycles. The Labute approximate surface area is 128 Å². The maximum atomic E-state index is 4.16. The molecule has 21 heavy (non-hydrogen) atoms. The van der Waals surface area contributed by atoms with Gasteiger partial charge in [0.25, 0.3) is 0 Å². The molecule has 0 saturated carbocycles. The van der Waals surface area contributed by atoms with Crippen LogP contribution in [0.4, 0.5) is 5.69 Å². The van der Waals surface area contributed by atoms with E-state index in [1.807, 2.05) is 0 Å². The van der Waals surface area contributed by atoms with Crippen LogP contribution in [-0.2, 0) is 5.41 Å². The molecule has 2 aromatic rings. The summed E-state index contributed by atoms with van der Waals surface area (Å²) in [5, 5.41) is 3.42. The van der Waals surface area contributed by atoms with Gasteiger partial charge in [0, 0.05) is 11.4 Å². The number of rotatable bonds is 3. The van der Waals surface area contributed by atoms with Crippen LogP contribution in [0.2, 0.25) is 0 Å². The number of benzene rings is 2. The topological polar surface area (TPSA) is 12.0 Å². The lowest BCUT2D eigenvalue weighted by atomic mass is 9.86. The van der Waals surface area contributed by atoms with E-state index in [4.69, 9.17) is 0 Å². The number of nitrogens with one attached hydrogen (secondary N) is 1. The largest absolute Gasteiger partial charge is 0.355 e. The summed E-state index contributed by atoms with van der Waals surface area (Å²) in [5.41, 5.74) is 7.21. The van der Waals surface area contributed by atoms with Crippen LogP contribution < -0.4 is 5.32 Å². The molecule has 0 aromatic heterocycles. The molecule has 1 N–H and O–H groups in total. The molecular formula is C20H25N. The highest BCUT2D eigenvalue weighted by molar-refractivity contribution is 5.76.